The van der Waals surface area contributed by atoms with E-state index in [1.165, 1.54) is 11.3 Å². The molecule has 3 heterocycles. The Morgan fingerprint density at radius 2 is 2.10 bits per heavy atom. The van der Waals surface area contributed by atoms with E-state index in [4.69, 9.17) is 21.1 Å². The Bertz CT molecular complexity index is 938. The van der Waals surface area contributed by atoms with Crippen molar-refractivity contribution in [2.75, 3.05) is 18.5 Å². The monoisotopic (exact) mass is 449 g/mol. The van der Waals surface area contributed by atoms with Gasteiger partial charge < -0.3 is 14.4 Å². The SMILES string of the molecule is CC(C)(Oc1ccc(Cl)cc1)C(=O)N1CCc2nc(NC(=O)C3CCCO3)sc2C1. The molecule has 2 aliphatic heterocycles. The minimum absolute atomic E-state index is 0.0959. The minimum Gasteiger partial charge on any atom is -0.478 e. The predicted octanol–water partition coefficient (Wildman–Crippen LogP) is 3.66. The number of benzene rings is 1. The Labute approximate surface area is 184 Å². The van der Waals surface area contributed by atoms with Crippen molar-refractivity contribution in [3.8, 4) is 5.75 Å². The highest BCUT2D eigenvalue weighted by molar-refractivity contribution is 7.15. The molecular weight excluding hydrogens is 426 g/mol. The lowest BCUT2D eigenvalue weighted by molar-refractivity contribution is -0.146. The molecule has 1 unspecified atom stereocenters. The van der Waals surface area contributed by atoms with Gasteiger partial charge in [-0.05, 0) is 51.0 Å². The summed E-state index contributed by atoms with van der Waals surface area (Å²) in [4.78, 5) is 32.7. The van der Waals surface area contributed by atoms with Gasteiger partial charge in [0.25, 0.3) is 11.8 Å². The van der Waals surface area contributed by atoms with Crippen LogP contribution in [0.4, 0.5) is 5.13 Å². The maximum Gasteiger partial charge on any atom is 0.266 e. The van der Waals surface area contributed by atoms with Crippen molar-refractivity contribution in [3.63, 3.8) is 0 Å². The highest BCUT2D eigenvalue weighted by atomic mass is 35.5. The van der Waals surface area contributed by atoms with Gasteiger partial charge in [-0.2, -0.15) is 0 Å². The first-order valence-electron chi connectivity index (χ1n) is 9.97. The van der Waals surface area contributed by atoms with E-state index in [-0.39, 0.29) is 11.8 Å². The van der Waals surface area contributed by atoms with E-state index in [9.17, 15) is 9.59 Å². The second-order valence-electron chi connectivity index (χ2n) is 7.92. The summed E-state index contributed by atoms with van der Waals surface area (Å²) in [6.07, 6.45) is 1.89. The summed E-state index contributed by atoms with van der Waals surface area (Å²) in [5.74, 6) is 0.345. The van der Waals surface area contributed by atoms with Gasteiger partial charge in [0.1, 0.15) is 11.9 Å². The third-order valence-electron chi connectivity index (χ3n) is 5.17. The molecule has 0 radical (unpaired) electrons. The van der Waals surface area contributed by atoms with Gasteiger partial charge in [0, 0.05) is 29.5 Å². The second-order valence-corrected chi connectivity index (χ2v) is 9.44. The van der Waals surface area contributed by atoms with Gasteiger partial charge >= 0.3 is 0 Å². The molecule has 1 aromatic heterocycles. The number of fused-ring (bicyclic) bond motifs is 1. The molecule has 1 saturated heterocycles. The number of anilines is 1. The van der Waals surface area contributed by atoms with Crippen LogP contribution in [0, 0.1) is 0 Å². The molecule has 2 aromatic rings. The topological polar surface area (TPSA) is 80.8 Å². The molecule has 2 amide bonds. The first-order valence-corrected chi connectivity index (χ1v) is 11.2. The van der Waals surface area contributed by atoms with E-state index >= 15 is 0 Å². The molecular formula is C21H24ClN3O4S. The maximum absolute atomic E-state index is 13.1. The fourth-order valence-electron chi connectivity index (χ4n) is 3.61. The van der Waals surface area contributed by atoms with Crippen LogP contribution in [-0.4, -0.2) is 46.6 Å². The van der Waals surface area contributed by atoms with Crippen molar-refractivity contribution in [1.82, 2.24) is 9.88 Å². The molecule has 1 aromatic carbocycles. The number of carbonyl (C=O) groups excluding carboxylic acids is 2. The number of nitrogens with zero attached hydrogens (tertiary/aromatic N) is 2. The number of hydrogen-bond donors (Lipinski definition) is 1. The molecule has 9 heteroatoms. The van der Waals surface area contributed by atoms with Crippen LogP contribution >= 0.6 is 22.9 Å². The summed E-state index contributed by atoms with van der Waals surface area (Å²) in [5.41, 5.74) is -0.0875. The molecule has 0 bridgehead atoms. The number of hydrogen-bond acceptors (Lipinski definition) is 6. The molecule has 1 N–H and O–H groups in total. The number of amides is 2. The number of carbonyl (C=O) groups is 2. The van der Waals surface area contributed by atoms with Gasteiger partial charge in [-0.1, -0.05) is 22.9 Å². The lowest BCUT2D eigenvalue weighted by Crippen LogP contribution is -2.50. The van der Waals surface area contributed by atoms with E-state index in [1.807, 2.05) is 0 Å². The van der Waals surface area contributed by atoms with Crippen LogP contribution in [0.3, 0.4) is 0 Å². The van der Waals surface area contributed by atoms with Gasteiger partial charge in [0.05, 0.1) is 12.2 Å². The summed E-state index contributed by atoms with van der Waals surface area (Å²) in [7, 11) is 0. The Balaban J connectivity index is 1.40. The summed E-state index contributed by atoms with van der Waals surface area (Å²) in [5, 5.41) is 4.03. The van der Waals surface area contributed by atoms with E-state index in [0.29, 0.717) is 42.0 Å². The van der Waals surface area contributed by atoms with E-state index in [0.717, 1.165) is 23.4 Å². The van der Waals surface area contributed by atoms with Crippen LogP contribution in [0.1, 0.15) is 37.3 Å². The molecule has 1 fully saturated rings. The Hall–Kier alpha value is -2.16. The number of rotatable bonds is 5. The molecule has 30 heavy (non-hydrogen) atoms. The Morgan fingerprint density at radius 1 is 1.33 bits per heavy atom. The minimum atomic E-state index is -1.02. The molecule has 0 saturated carbocycles. The van der Waals surface area contributed by atoms with Crippen molar-refractivity contribution in [3.05, 3.63) is 39.9 Å². The second kappa shape index (κ2) is 8.53. The number of halogens is 1. The first-order chi connectivity index (χ1) is 14.3. The van der Waals surface area contributed by atoms with Crippen molar-refractivity contribution < 1.29 is 19.1 Å². The predicted molar refractivity (Wildman–Crippen MR) is 115 cm³/mol. The van der Waals surface area contributed by atoms with Gasteiger partial charge in [0.2, 0.25) is 0 Å². The highest BCUT2D eigenvalue weighted by Gasteiger charge is 2.36. The van der Waals surface area contributed by atoms with Crippen molar-refractivity contribution in [2.24, 2.45) is 0 Å². The number of aromatic nitrogens is 1. The largest absolute Gasteiger partial charge is 0.478 e. The molecule has 2 aliphatic rings. The van der Waals surface area contributed by atoms with Crippen molar-refractivity contribution >= 4 is 39.9 Å². The molecule has 0 aliphatic carbocycles. The third-order valence-corrected chi connectivity index (χ3v) is 6.42. The van der Waals surface area contributed by atoms with Gasteiger partial charge in [-0.25, -0.2) is 4.98 Å². The summed E-state index contributed by atoms with van der Waals surface area (Å²) in [6.45, 7) is 5.16. The normalized spacial score (nSPS) is 18.8. The fourth-order valence-corrected chi connectivity index (χ4v) is 4.77. The van der Waals surface area contributed by atoms with Crippen LogP contribution in [-0.2, 0) is 27.3 Å². The molecule has 160 valence electrons. The van der Waals surface area contributed by atoms with Gasteiger partial charge in [-0.15, -0.1) is 0 Å². The van der Waals surface area contributed by atoms with Crippen molar-refractivity contribution in [1.29, 1.82) is 0 Å². The van der Waals surface area contributed by atoms with Crippen LogP contribution in [0.5, 0.6) is 5.75 Å². The summed E-state index contributed by atoms with van der Waals surface area (Å²) >= 11 is 7.33. The zero-order chi connectivity index (χ0) is 21.3. The van der Waals surface area contributed by atoms with E-state index in [2.05, 4.69) is 10.3 Å². The third kappa shape index (κ3) is 4.61. The maximum atomic E-state index is 13.1. The molecule has 0 spiro atoms. The highest BCUT2D eigenvalue weighted by Crippen LogP contribution is 2.31. The molecule has 1 atom stereocenters. The summed E-state index contributed by atoms with van der Waals surface area (Å²) in [6, 6.07) is 6.96. The number of nitrogens with one attached hydrogen (secondary N) is 1. The number of thiazole rings is 1. The standard InChI is InChI=1S/C21H24ClN3O4S/c1-21(2,29-14-7-5-13(22)6-8-14)19(27)25-10-9-15-17(12-25)30-20(23-15)24-18(26)16-4-3-11-28-16/h5-8,16H,3-4,9-12H2,1-2H3,(H,23,24,26). The smallest absolute Gasteiger partial charge is 0.266 e. The van der Waals surface area contributed by atoms with Gasteiger partial charge in [0.15, 0.2) is 10.7 Å². The average Bonchev–Trinajstić information content (AvgIpc) is 3.37. The average molecular weight is 450 g/mol. The van der Waals surface area contributed by atoms with Crippen LogP contribution < -0.4 is 10.1 Å². The molecule has 4 rings (SSSR count). The lowest BCUT2D eigenvalue weighted by Gasteiger charge is -2.34. The van der Waals surface area contributed by atoms with Crippen LogP contribution in [0.2, 0.25) is 5.02 Å². The lowest BCUT2D eigenvalue weighted by atomic mass is 10.1. The fraction of sp³-hybridized carbons (Fsp3) is 0.476. The number of ether oxygens (including phenoxy) is 2. The Morgan fingerprint density at radius 3 is 2.80 bits per heavy atom. The summed E-state index contributed by atoms with van der Waals surface area (Å²) < 4.78 is 11.4. The molecule has 7 nitrogen and oxygen atoms in total. The van der Waals surface area contributed by atoms with Gasteiger partial charge in [-0.3, -0.25) is 14.9 Å². The zero-order valence-electron chi connectivity index (χ0n) is 16.9. The first kappa shape index (κ1) is 21.1. The van der Waals surface area contributed by atoms with Crippen LogP contribution in [0.15, 0.2) is 24.3 Å². The Kier molecular flexibility index (Phi) is 5.99. The quantitative estimate of drug-likeness (QED) is 0.753. The van der Waals surface area contributed by atoms with E-state index < -0.39 is 11.7 Å². The zero-order valence-corrected chi connectivity index (χ0v) is 18.5. The van der Waals surface area contributed by atoms with Crippen LogP contribution in [0.25, 0.3) is 0 Å². The van der Waals surface area contributed by atoms with E-state index in [1.54, 1.807) is 43.0 Å². The van der Waals surface area contributed by atoms with Crippen molar-refractivity contribution in [2.45, 2.75) is 51.4 Å².